The van der Waals surface area contributed by atoms with E-state index in [1.807, 2.05) is 37.1 Å². The molecule has 0 amide bonds. The molecular weight excluding hydrogens is 502 g/mol. The molecule has 0 aliphatic carbocycles. The van der Waals surface area contributed by atoms with Crippen molar-refractivity contribution in [1.29, 1.82) is 0 Å². The van der Waals surface area contributed by atoms with Crippen LogP contribution in [0.15, 0.2) is 29.4 Å². The van der Waals surface area contributed by atoms with Crippen LogP contribution in [0.25, 0.3) is 0 Å². The Labute approximate surface area is 183 Å². The summed E-state index contributed by atoms with van der Waals surface area (Å²) in [6.07, 6.45) is -3.17. The Bertz CT molecular complexity index is 870. The minimum absolute atomic E-state index is 0. The lowest BCUT2D eigenvalue weighted by atomic mass is 10.2. The number of alkyl halides is 3. The van der Waals surface area contributed by atoms with Crippen LogP contribution in [-0.4, -0.2) is 41.0 Å². The van der Waals surface area contributed by atoms with Crippen LogP contribution < -0.4 is 14.8 Å². The predicted molar refractivity (Wildman–Crippen MR) is 112 cm³/mol. The van der Waals surface area contributed by atoms with Crippen molar-refractivity contribution in [2.75, 3.05) is 20.4 Å². The highest BCUT2D eigenvalue weighted by molar-refractivity contribution is 14.0. The van der Waals surface area contributed by atoms with Gasteiger partial charge in [0, 0.05) is 38.9 Å². The van der Waals surface area contributed by atoms with Gasteiger partial charge in [-0.15, -0.1) is 24.0 Å². The number of nitrogens with one attached hydrogen (secondary N) is 1. The van der Waals surface area contributed by atoms with Crippen molar-refractivity contribution in [1.82, 2.24) is 20.0 Å². The van der Waals surface area contributed by atoms with Gasteiger partial charge >= 0.3 is 6.18 Å². The molecule has 1 aliphatic rings. The molecule has 160 valence electrons. The van der Waals surface area contributed by atoms with Crippen LogP contribution in [0.3, 0.4) is 0 Å². The number of halogens is 4. The highest BCUT2D eigenvalue weighted by Crippen LogP contribution is 2.33. The fourth-order valence-corrected chi connectivity index (χ4v) is 2.91. The zero-order valence-electron chi connectivity index (χ0n) is 16.3. The van der Waals surface area contributed by atoms with Gasteiger partial charge in [-0.3, -0.25) is 4.68 Å². The molecule has 0 saturated carbocycles. The molecule has 0 bridgehead atoms. The number of rotatable bonds is 5. The molecule has 11 heteroatoms. The van der Waals surface area contributed by atoms with Crippen molar-refractivity contribution >= 4 is 29.9 Å². The molecule has 1 aromatic carbocycles. The van der Waals surface area contributed by atoms with Gasteiger partial charge in [-0.25, -0.2) is 4.99 Å². The Morgan fingerprint density at radius 1 is 1.31 bits per heavy atom. The van der Waals surface area contributed by atoms with Crippen LogP contribution in [0.1, 0.15) is 23.7 Å². The number of fused-ring (bicyclic) bond motifs is 1. The molecule has 2 heterocycles. The first-order valence-electron chi connectivity index (χ1n) is 8.75. The van der Waals surface area contributed by atoms with Gasteiger partial charge in [0.1, 0.15) is 0 Å². The summed E-state index contributed by atoms with van der Waals surface area (Å²) >= 11 is 0. The summed E-state index contributed by atoms with van der Waals surface area (Å²) < 4.78 is 51.2. The molecular formula is C18H23F3IN5O2. The maximum atomic E-state index is 13.1. The van der Waals surface area contributed by atoms with Gasteiger partial charge in [-0.1, -0.05) is 6.07 Å². The van der Waals surface area contributed by atoms with Crippen molar-refractivity contribution in [3.05, 3.63) is 41.2 Å². The number of nitrogens with zero attached hydrogens (tertiary/aromatic N) is 4. The first-order chi connectivity index (χ1) is 13.3. The molecule has 0 fully saturated rings. The molecule has 0 unspecified atom stereocenters. The third kappa shape index (κ3) is 5.67. The minimum Gasteiger partial charge on any atom is -0.454 e. The summed E-state index contributed by atoms with van der Waals surface area (Å²) in [6, 6.07) is 5.63. The Morgan fingerprint density at radius 3 is 2.72 bits per heavy atom. The summed E-state index contributed by atoms with van der Waals surface area (Å²) in [4.78, 5) is 6.20. The topological polar surface area (TPSA) is 63.9 Å². The fourth-order valence-electron chi connectivity index (χ4n) is 2.91. The number of hydrogen-bond donors (Lipinski definition) is 1. The molecule has 0 radical (unpaired) electrons. The molecule has 1 aliphatic heterocycles. The van der Waals surface area contributed by atoms with Crippen LogP contribution in [0.2, 0.25) is 0 Å². The van der Waals surface area contributed by atoms with E-state index in [0.717, 1.165) is 10.2 Å². The number of hydrogen-bond acceptors (Lipinski definition) is 4. The molecule has 2 aromatic rings. The van der Waals surface area contributed by atoms with Gasteiger partial charge in [0.2, 0.25) is 6.79 Å². The van der Waals surface area contributed by atoms with Gasteiger partial charge in [-0.05, 0) is 24.6 Å². The van der Waals surface area contributed by atoms with Gasteiger partial charge in [0.15, 0.2) is 23.2 Å². The van der Waals surface area contributed by atoms with Gasteiger partial charge in [0.25, 0.3) is 0 Å². The normalized spacial score (nSPS) is 13.2. The highest BCUT2D eigenvalue weighted by Gasteiger charge is 2.36. The van der Waals surface area contributed by atoms with Gasteiger partial charge in [0.05, 0.1) is 6.54 Å². The lowest BCUT2D eigenvalue weighted by molar-refractivity contribution is -0.142. The van der Waals surface area contributed by atoms with E-state index in [1.165, 1.54) is 13.2 Å². The molecule has 0 spiro atoms. The third-order valence-electron chi connectivity index (χ3n) is 4.13. The predicted octanol–water partition coefficient (Wildman–Crippen LogP) is 3.38. The van der Waals surface area contributed by atoms with E-state index >= 15 is 0 Å². The van der Waals surface area contributed by atoms with Crippen LogP contribution in [0.5, 0.6) is 11.5 Å². The van der Waals surface area contributed by atoms with Crippen LogP contribution in [0, 0.1) is 0 Å². The molecule has 7 nitrogen and oxygen atoms in total. The average Bonchev–Trinajstić information content (AvgIpc) is 3.23. The zero-order valence-corrected chi connectivity index (χ0v) is 18.6. The van der Waals surface area contributed by atoms with E-state index in [9.17, 15) is 13.2 Å². The zero-order chi connectivity index (χ0) is 20.3. The van der Waals surface area contributed by atoms with E-state index in [2.05, 4.69) is 15.4 Å². The Kier molecular flexibility index (Phi) is 7.60. The number of benzene rings is 1. The molecule has 29 heavy (non-hydrogen) atoms. The number of guanidine groups is 1. The lowest BCUT2D eigenvalue weighted by Crippen LogP contribution is -2.38. The van der Waals surface area contributed by atoms with E-state index < -0.39 is 11.9 Å². The minimum atomic E-state index is -4.51. The van der Waals surface area contributed by atoms with Crippen LogP contribution in [0.4, 0.5) is 13.2 Å². The Morgan fingerprint density at radius 2 is 2.03 bits per heavy atom. The number of aryl methyl sites for hydroxylation is 1. The molecule has 0 saturated heterocycles. The third-order valence-corrected chi connectivity index (χ3v) is 4.13. The summed E-state index contributed by atoms with van der Waals surface area (Å²) in [7, 11) is 3.28. The van der Waals surface area contributed by atoms with Gasteiger partial charge in [-0.2, -0.15) is 18.3 Å². The second-order valence-electron chi connectivity index (χ2n) is 6.39. The van der Waals surface area contributed by atoms with Crippen molar-refractivity contribution in [2.45, 2.75) is 26.2 Å². The second kappa shape index (κ2) is 9.55. The van der Waals surface area contributed by atoms with Crippen molar-refractivity contribution in [2.24, 2.45) is 12.0 Å². The summed E-state index contributed by atoms with van der Waals surface area (Å²) in [6.45, 7) is 3.06. The van der Waals surface area contributed by atoms with E-state index in [0.29, 0.717) is 30.5 Å². The molecule has 1 aromatic heterocycles. The maximum absolute atomic E-state index is 13.1. The molecule has 0 atom stereocenters. The number of aromatic nitrogens is 2. The second-order valence-corrected chi connectivity index (χ2v) is 6.39. The first kappa shape index (κ1) is 23.1. The smallest absolute Gasteiger partial charge is 0.435 e. The monoisotopic (exact) mass is 525 g/mol. The van der Waals surface area contributed by atoms with Crippen molar-refractivity contribution in [3.8, 4) is 11.5 Å². The van der Waals surface area contributed by atoms with E-state index in [-0.39, 0.29) is 42.9 Å². The molecule has 3 rings (SSSR count). The lowest BCUT2D eigenvalue weighted by Gasteiger charge is -2.22. The average molecular weight is 525 g/mol. The van der Waals surface area contributed by atoms with Crippen molar-refractivity contribution < 1.29 is 22.6 Å². The summed E-state index contributed by atoms with van der Waals surface area (Å²) in [5.74, 6) is 1.87. The SMILES string of the molecule is CCNC(=NCc1cn(C)nc1C(F)(F)F)N(C)Cc1ccc2c(c1)OCO2.I. The standard InChI is InChI=1S/C18H22F3N5O2.HI/c1-4-22-17(23-8-13-10-26(3)24-16(13)18(19,20)21)25(2)9-12-5-6-14-15(7-12)28-11-27-14;/h5-7,10H,4,8-9,11H2,1-3H3,(H,22,23);1H. The highest BCUT2D eigenvalue weighted by atomic mass is 127. The number of aliphatic imine (C=N–C) groups is 1. The maximum Gasteiger partial charge on any atom is 0.435 e. The summed E-state index contributed by atoms with van der Waals surface area (Å²) in [5.41, 5.74) is 0.0876. The van der Waals surface area contributed by atoms with E-state index in [4.69, 9.17) is 9.47 Å². The molecule has 1 N–H and O–H groups in total. The first-order valence-corrected chi connectivity index (χ1v) is 8.75. The quantitative estimate of drug-likeness (QED) is 0.369. The van der Waals surface area contributed by atoms with Crippen LogP contribution >= 0.6 is 24.0 Å². The van der Waals surface area contributed by atoms with Crippen molar-refractivity contribution in [3.63, 3.8) is 0 Å². The summed E-state index contributed by atoms with van der Waals surface area (Å²) in [5, 5.41) is 6.62. The Hall–Kier alpha value is -2.18. The Balaban J connectivity index is 0.00000300. The number of ether oxygens (including phenoxy) is 2. The van der Waals surface area contributed by atoms with Crippen LogP contribution in [-0.2, 0) is 26.3 Å². The fraction of sp³-hybridized carbons (Fsp3) is 0.444. The largest absolute Gasteiger partial charge is 0.454 e. The van der Waals surface area contributed by atoms with E-state index in [1.54, 1.807) is 0 Å². The van der Waals surface area contributed by atoms with Gasteiger partial charge < -0.3 is 19.7 Å².